The van der Waals surface area contributed by atoms with E-state index in [1.165, 1.54) is 0 Å². The molecule has 0 aromatic heterocycles. The molecule has 0 saturated carbocycles. The summed E-state index contributed by atoms with van der Waals surface area (Å²) < 4.78 is 22.1. The third kappa shape index (κ3) is 4.49. The van der Waals surface area contributed by atoms with E-state index in [9.17, 15) is 13.2 Å². The molecule has 0 amide bonds. The Labute approximate surface area is 96.4 Å². The molecule has 1 atom stereocenters. The Morgan fingerprint density at radius 3 is 2.31 bits per heavy atom. The lowest BCUT2D eigenvalue weighted by Crippen LogP contribution is -2.44. The normalized spacial score (nSPS) is 20.6. The number of piperidine rings is 1. The minimum absolute atomic E-state index is 0.0551. The highest BCUT2D eigenvalue weighted by Crippen LogP contribution is 2.15. The molecule has 94 valence electrons. The molecule has 1 aliphatic rings. The molecule has 5 nitrogen and oxygen atoms in total. The second-order valence-electron chi connectivity index (χ2n) is 4.37. The summed E-state index contributed by atoms with van der Waals surface area (Å²) in [4.78, 5) is 13.0. The lowest BCUT2D eigenvalue weighted by Gasteiger charge is -2.31. The first-order valence-corrected chi connectivity index (χ1v) is 7.61. The van der Waals surface area contributed by atoms with Crippen molar-refractivity contribution in [3.8, 4) is 0 Å². The van der Waals surface area contributed by atoms with E-state index in [4.69, 9.17) is 5.11 Å². The molecule has 0 radical (unpaired) electrons. The SMILES string of the molecule is CS(=O)(=O)CCC(C(=O)O)N1CCCCC1. The van der Waals surface area contributed by atoms with Crippen LogP contribution in [0.5, 0.6) is 0 Å². The molecule has 1 aliphatic heterocycles. The van der Waals surface area contributed by atoms with E-state index in [0.717, 1.165) is 38.6 Å². The van der Waals surface area contributed by atoms with Crippen LogP contribution in [0.2, 0.25) is 0 Å². The highest BCUT2D eigenvalue weighted by atomic mass is 32.2. The van der Waals surface area contributed by atoms with Gasteiger partial charge in [-0.15, -0.1) is 0 Å². The van der Waals surface area contributed by atoms with Crippen molar-refractivity contribution in [3.63, 3.8) is 0 Å². The fourth-order valence-electron chi connectivity index (χ4n) is 2.02. The van der Waals surface area contributed by atoms with Crippen LogP contribution in [0.15, 0.2) is 0 Å². The number of carbonyl (C=O) groups is 1. The number of hydrogen-bond acceptors (Lipinski definition) is 4. The summed E-state index contributed by atoms with van der Waals surface area (Å²) in [6.07, 6.45) is 4.47. The number of rotatable bonds is 5. The van der Waals surface area contributed by atoms with Crippen molar-refractivity contribution in [2.75, 3.05) is 25.1 Å². The number of carboxylic acids is 1. The average molecular weight is 249 g/mol. The van der Waals surface area contributed by atoms with Crippen LogP contribution in [-0.2, 0) is 14.6 Å². The maximum absolute atomic E-state index is 11.1. The predicted octanol–water partition coefficient (Wildman–Crippen LogP) is 0.360. The van der Waals surface area contributed by atoms with Crippen LogP contribution in [0.25, 0.3) is 0 Å². The van der Waals surface area contributed by atoms with Gasteiger partial charge >= 0.3 is 5.97 Å². The van der Waals surface area contributed by atoms with E-state index in [1.807, 2.05) is 4.90 Å². The molecule has 1 unspecified atom stereocenters. The number of sulfone groups is 1. The monoisotopic (exact) mass is 249 g/mol. The Morgan fingerprint density at radius 1 is 1.31 bits per heavy atom. The number of nitrogens with zero attached hydrogens (tertiary/aromatic N) is 1. The van der Waals surface area contributed by atoms with Crippen molar-refractivity contribution in [3.05, 3.63) is 0 Å². The minimum atomic E-state index is -3.08. The molecule has 16 heavy (non-hydrogen) atoms. The fraction of sp³-hybridized carbons (Fsp3) is 0.900. The smallest absolute Gasteiger partial charge is 0.320 e. The topological polar surface area (TPSA) is 74.7 Å². The van der Waals surface area contributed by atoms with Crippen LogP contribution in [0, 0.1) is 0 Å². The zero-order chi connectivity index (χ0) is 12.2. The maximum Gasteiger partial charge on any atom is 0.320 e. The fourth-order valence-corrected chi connectivity index (χ4v) is 2.67. The molecule has 0 aromatic rings. The van der Waals surface area contributed by atoms with Gasteiger partial charge in [0.2, 0.25) is 0 Å². The highest BCUT2D eigenvalue weighted by Gasteiger charge is 2.27. The van der Waals surface area contributed by atoms with Crippen LogP contribution in [-0.4, -0.2) is 55.5 Å². The molecular formula is C10H19NO4S. The van der Waals surface area contributed by atoms with Gasteiger partial charge in [0.05, 0.1) is 5.75 Å². The Hall–Kier alpha value is -0.620. The molecule has 1 fully saturated rings. The van der Waals surface area contributed by atoms with Crippen molar-refractivity contribution in [1.29, 1.82) is 0 Å². The molecule has 0 bridgehead atoms. The standard InChI is InChI=1S/C10H19NO4S/c1-16(14,15)8-5-9(10(12)13)11-6-3-2-4-7-11/h9H,2-8H2,1H3,(H,12,13). The summed E-state index contributed by atoms with van der Waals surface area (Å²) in [7, 11) is -3.08. The van der Waals surface area contributed by atoms with Crippen LogP contribution in [0.4, 0.5) is 0 Å². The molecule has 0 spiro atoms. The molecule has 1 heterocycles. The molecular weight excluding hydrogens is 230 g/mol. The second kappa shape index (κ2) is 5.63. The largest absolute Gasteiger partial charge is 0.480 e. The highest BCUT2D eigenvalue weighted by molar-refractivity contribution is 7.90. The van der Waals surface area contributed by atoms with Crippen molar-refractivity contribution in [1.82, 2.24) is 4.90 Å². The summed E-state index contributed by atoms with van der Waals surface area (Å²) in [5.41, 5.74) is 0. The quantitative estimate of drug-likeness (QED) is 0.761. The van der Waals surface area contributed by atoms with E-state index < -0.39 is 21.8 Å². The van der Waals surface area contributed by atoms with Crippen LogP contribution in [0.1, 0.15) is 25.7 Å². The summed E-state index contributed by atoms with van der Waals surface area (Å²) >= 11 is 0. The van der Waals surface area contributed by atoms with Gasteiger partial charge in [-0.25, -0.2) is 8.42 Å². The molecule has 0 aromatic carbocycles. The third-order valence-electron chi connectivity index (χ3n) is 2.88. The van der Waals surface area contributed by atoms with Gasteiger partial charge in [0.1, 0.15) is 15.9 Å². The number of hydrogen-bond donors (Lipinski definition) is 1. The van der Waals surface area contributed by atoms with E-state index >= 15 is 0 Å². The zero-order valence-electron chi connectivity index (χ0n) is 9.55. The Morgan fingerprint density at radius 2 is 1.88 bits per heavy atom. The lowest BCUT2D eigenvalue weighted by molar-refractivity contribution is -0.143. The molecule has 6 heteroatoms. The predicted molar refractivity (Wildman–Crippen MR) is 61.2 cm³/mol. The van der Waals surface area contributed by atoms with Gasteiger partial charge in [0.25, 0.3) is 0 Å². The van der Waals surface area contributed by atoms with Crippen molar-refractivity contribution in [2.45, 2.75) is 31.7 Å². The number of carboxylic acid groups (broad SMARTS) is 1. The van der Waals surface area contributed by atoms with Crippen LogP contribution >= 0.6 is 0 Å². The Balaban J connectivity index is 2.56. The lowest BCUT2D eigenvalue weighted by atomic mass is 10.1. The zero-order valence-corrected chi connectivity index (χ0v) is 10.4. The van der Waals surface area contributed by atoms with Crippen molar-refractivity contribution < 1.29 is 18.3 Å². The minimum Gasteiger partial charge on any atom is -0.480 e. The molecule has 1 saturated heterocycles. The van der Waals surface area contributed by atoms with Gasteiger partial charge in [0, 0.05) is 6.26 Å². The van der Waals surface area contributed by atoms with Crippen molar-refractivity contribution >= 4 is 15.8 Å². The Bertz CT molecular complexity index is 333. The summed E-state index contributed by atoms with van der Waals surface area (Å²) in [6.45, 7) is 1.53. The molecule has 1 rings (SSSR count). The van der Waals surface area contributed by atoms with Gasteiger partial charge in [-0.3, -0.25) is 9.69 Å². The van der Waals surface area contributed by atoms with Gasteiger partial charge in [0.15, 0.2) is 0 Å². The van der Waals surface area contributed by atoms with Gasteiger partial charge in [-0.2, -0.15) is 0 Å². The summed E-state index contributed by atoms with van der Waals surface area (Å²) in [5, 5.41) is 9.09. The third-order valence-corrected chi connectivity index (χ3v) is 3.86. The Kier molecular flexibility index (Phi) is 4.73. The molecule has 1 N–H and O–H groups in total. The van der Waals surface area contributed by atoms with E-state index in [1.54, 1.807) is 0 Å². The van der Waals surface area contributed by atoms with Gasteiger partial charge < -0.3 is 5.11 Å². The van der Waals surface area contributed by atoms with E-state index in [0.29, 0.717) is 0 Å². The summed E-state index contributed by atoms with van der Waals surface area (Å²) in [5.74, 6) is -0.967. The first-order chi connectivity index (χ1) is 7.40. The second-order valence-corrected chi connectivity index (χ2v) is 6.63. The van der Waals surface area contributed by atoms with Crippen LogP contribution in [0.3, 0.4) is 0 Å². The van der Waals surface area contributed by atoms with Crippen molar-refractivity contribution in [2.24, 2.45) is 0 Å². The van der Waals surface area contributed by atoms with E-state index in [2.05, 4.69) is 0 Å². The average Bonchev–Trinajstić information content (AvgIpc) is 2.17. The number of aliphatic carboxylic acids is 1. The van der Waals surface area contributed by atoms with E-state index in [-0.39, 0.29) is 12.2 Å². The number of likely N-dealkylation sites (tertiary alicyclic amines) is 1. The summed E-state index contributed by atoms with van der Waals surface area (Å²) in [6, 6.07) is -0.643. The van der Waals surface area contributed by atoms with Gasteiger partial charge in [-0.05, 0) is 32.4 Å². The van der Waals surface area contributed by atoms with Gasteiger partial charge in [-0.1, -0.05) is 6.42 Å². The first kappa shape index (κ1) is 13.4. The maximum atomic E-state index is 11.1. The van der Waals surface area contributed by atoms with Crippen LogP contribution < -0.4 is 0 Å². The molecule has 0 aliphatic carbocycles. The first-order valence-electron chi connectivity index (χ1n) is 5.55.